The normalized spacial score (nSPS) is 14.6. The lowest BCUT2D eigenvalue weighted by Crippen LogP contribution is -2.47. The van der Waals surface area contributed by atoms with Crippen LogP contribution in [0, 0.1) is 11.3 Å². The van der Waals surface area contributed by atoms with Crippen LogP contribution in [0.4, 0.5) is 20.3 Å². The summed E-state index contributed by atoms with van der Waals surface area (Å²) in [5.74, 6) is 0.537. The summed E-state index contributed by atoms with van der Waals surface area (Å²) < 4.78 is 25.5. The van der Waals surface area contributed by atoms with E-state index in [1.807, 2.05) is 15.9 Å². The molecule has 130 valence electrons. The van der Waals surface area contributed by atoms with Gasteiger partial charge in [0.1, 0.15) is 12.6 Å². The van der Waals surface area contributed by atoms with Crippen molar-refractivity contribution in [2.24, 2.45) is 0 Å². The number of anilines is 2. The van der Waals surface area contributed by atoms with E-state index in [9.17, 15) is 13.6 Å². The fourth-order valence-corrected chi connectivity index (χ4v) is 2.68. The second-order valence-corrected chi connectivity index (χ2v) is 5.44. The Morgan fingerprint density at radius 3 is 2.48 bits per heavy atom. The van der Waals surface area contributed by atoms with Crippen molar-refractivity contribution in [1.82, 2.24) is 19.7 Å². The second-order valence-electron chi connectivity index (χ2n) is 5.44. The summed E-state index contributed by atoms with van der Waals surface area (Å²) in [6.45, 7) is 1.64. The third kappa shape index (κ3) is 3.71. The molecule has 1 saturated heterocycles. The molecule has 0 aromatic carbocycles. The van der Waals surface area contributed by atoms with Crippen LogP contribution in [-0.4, -0.2) is 52.4 Å². The molecule has 0 unspecified atom stereocenters. The molecule has 2 aromatic heterocycles. The summed E-state index contributed by atoms with van der Waals surface area (Å²) in [5.41, 5.74) is 0.308. The molecule has 0 radical (unpaired) electrons. The molecule has 2 aromatic rings. The molecule has 0 bridgehead atoms. The molecule has 1 aliphatic rings. The van der Waals surface area contributed by atoms with Gasteiger partial charge in [-0.05, 0) is 0 Å². The first-order chi connectivity index (χ1) is 12.1. The summed E-state index contributed by atoms with van der Waals surface area (Å²) in [6.07, 6.45) is 1.80. The smallest absolute Gasteiger partial charge is 0.269 e. The highest BCUT2D eigenvalue weighted by Crippen LogP contribution is 2.19. The van der Waals surface area contributed by atoms with Crippen LogP contribution < -0.4 is 15.4 Å². The third-order valence-corrected chi connectivity index (χ3v) is 3.90. The highest BCUT2D eigenvalue weighted by atomic mass is 19.3. The van der Waals surface area contributed by atoms with E-state index in [-0.39, 0.29) is 5.69 Å². The van der Waals surface area contributed by atoms with Crippen molar-refractivity contribution in [3.05, 3.63) is 40.7 Å². The SMILES string of the molecule is N#Cc1nccnc1N1CCN(c2cnn(CC(F)F)c(=O)c2)CC1. The number of nitriles is 1. The van der Waals surface area contributed by atoms with Gasteiger partial charge in [0, 0.05) is 44.6 Å². The molecule has 0 aliphatic carbocycles. The lowest BCUT2D eigenvalue weighted by Gasteiger charge is -2.36. The quantitative estimate of drug-likeness (QED) is 0.795. The topological polar surface area (TPSA) is 90.9 Å². The number of halogens is 2. The summed E-state index contributed by atoms with van der Waals surface area (Å²) >= 11 is 0. The Labute approximate surface area is 141 Å². The van der Waals surface area contributed by atoms with E-state index in [2.05, 4.69) is 15.1 Å². The molecule has 25 heavy (non-hydrogen) atoms. The minimum atomic E-state index is -2.62. The van der Waals surface area contributed by atoms with Gasteiger partial charge < -0.3 is 9.80 Å². The van der Waals surface area contributed by atoms with E-state index >= 15 is 0 Å². The van der Waals surface area contributed by atoms with Crippen molar-refractivity contribution in [2.45, 2.75) is 13.0 Å². The molecule has 8 nitrogen and oxygen atoms in total. The van der Waals surface area contributed by atoms with Crippen LogP contribution in [-0.2, 0) is 6.54 Å². The third-order valence-electron chi connectivity index (χ3n) is 3.90. The molecule has 3 rings (SSSR count). The highest BCUT2D eigenvalue weighted by molar-refractivity contribution is 5.52. The summed E-state index contributed by atoms with van der Waals surface area (Å²) in [5, 5.41) is 12.9. The van der Waals surface area contributed by atoms with E-state index in [1.165, 1.54) is 24.7 Å². The van der Waals surface area contributed by atoms with Crippen LogP contribution in [0.2, 0.25) is 0 Å². The summed E-state index contributed by atoms with van der Waals surface area (Å²) in [6, 6.07) is 3.33. The van der Waals surface area contributed by atoms with Gasteiger partial charge in [-0.3, -0.25) is 4.79 Å². The monoisotopic (exact) mass is 347 g/mol. The van der Waals surface area contributed by atoms with E-state index < -0.39 is 18.5 Å². The van der Waals surface area contributed by atoms with Gasteiger partial charge in [-0.15, -0.1) is 0 Å². The maximum Gasteiger partial charge on any atom is 0.269 e. The molecule has 1 fully saturated rings. The highest BCUT2D eigenvalue weighted by Gasteiger charge is 2.21. The van der Waals surface area contributed by atoms with Crippen LogP contribution in [0.1, 0.15) is 5.69 Å². The van der Waals surface area contributed by atoms with Crippen molar-refractivity contribution < 1.29 is 8.78 Å². The Morgan fingerprint density at radius 1 is 1.16 bits per heavy atom. The molecule has 3 heterocycles. The van der Waals surface area contributed by atoms with Gasteiger partial charge >= 0.3 is 0 Å². The van der Waals surface area contributed by atoms with Crippen LogP contribution in [0.3, 0.4) is 0 Å². The minimum Gasteiger partial charge on any atom is -0.367 e. The van der Waals surface area contributed by atoms with Crippen LogP contribution in [0.15, 0.2) is 29.5 Å². The molecule has 0 spiro atoms. The van der Waals surface area contributed by atoms with Gasteiger partial charge in [0.05, 0.1) is 11.9 Å². The Kier molecular flexibility index (Phi) is 4.83. The predicted molar refractivity (Wildman–Crippen MR) is 85.7 cm³/mol. The number of nitrogens with zero attached hydrogens (tertiary/aromatic N) is 7. The van der Waals surface area contributed by atoms with Crippen molar-refractivity contribution in [3.63, 3.8) is 0 Å². The standard InChI is InChI=1S/C15H15F2N7O/c16-13(17)10-24-14(25)7-11(9-21-24)22-3-5-23(6-4-22)15-12(8-18)19-1-2-20-15/h1-2,7,9,13H,3-6,10H2. The zero-order chi connectivity index (χ0) is 17.8. The molecular weight excluding hydrogens is 332 g/mol. The van der Waals surface area contributed by atoms with E-state index in [0.717, 1.165) is 4.68 Å². The van der Waals surface area contributed by atoms with Gasteiger partial charge in [0.25, 0.3) is 12.0 Å². The Morgan fingerprint density at radius 2 is 1.84 bits per heavy atom. The zero-order valence-electron chi connectivity index (χ0n) is 13.2. The molecule has 0 saturated carbocycles. The molecule has 0 amide bonds. The lowest BCUT2D eigenvalue weighted by molar-refractivity contribution is 0.119. The largest absolute Gasteiger partial charge is 0.367 e. The number of aromatic nitrogens is 4. The Hall–Kier alpha value is -3.09. The Balaban J connectivity index is 1.69. The fourth-order valence-electron chi connectivity index (χ4n) is 2.68. The minimum absolute atomic E-state index is 0.271. The molecule has 10 heteroatoms. The number of piperazine rings is 1. The average Bonchev–Trinajstić information content (AvgIpc) is 2.63. The number of hydrogen-bond donors (Lipinski definition) is 0. The number of rotatable bonds is 4. The van der Waals surface area contributed by atoms with E-state index in [1.54, 1.807) is 0 Å². The fraction of sp³-hybridized carbons (Fsp3) is 0.400. The van der Waals surface area contributed by atoms with Gasteiger partial charge in [-0.2, -0.15) is 10.4 Å². The van der Waals surface area contributed by atoms with Gasteiger partial charge in [-0.25, -0.2) is 23.4 Å². The first-order valence-electron chi connectivity index (χ1n) is 7.65. The molecule has 0 N–H and O–H groups in total. The van der Waals surface area contributed by atoms with Crippen LogP contribution >= 0.6 is 0 Å². The maximum absolute atomic E-state index is 12.4. The molecule has 1 aliphatic heterocycles. The van der Waals surface area contributed by atoms with Crippen molar-refractivity contribution >= 4 is 11.5 Å². The summed E-state index contributed by atoms with van der Waals surface area (Å²) in [4.78, 5) is 24.0. The van der Waals surface area contributed by atoms with Crippen LogP contribution in [0.25, 0.3) is 0 Å². The average molecular weight is 347 g/mol. The van der Waals surface area contributed by atoms with Crippen molar-refractivity contribution in [2.75, 3.05) is 36.0 Å². The predicted octanol–water partition coefficient (Wildman–Crippen LogP) is 0.497. The molecular formula is C15H15F2N7O. The summed E-state index contributed by atoms with van der Waals surface area (Å²) in [7, 11) is 0. The number of alkyl halides is 2. The zero-order valence-corrected chi connectivity index (χ0v) is 13.2. The first-order valence-corrected chi connectivity index (χ1v) is 7.65. The Bertz CT molecular complexity index is 840. The van der Waals surface area contributed by atoms with E-state index in [0.29, 0.717) is 37.7 Å². The van der Waals surface area contributed by atoms with Gasteiger partial charge in [-0.1, -0.05) is 0 Å². The molecule has 0 atom stereocenters. The van der Waals surface area contributed by atoms with Crippen LogP contribution in [0.5, 0.6) is 0 Å². The lowest BCUT2D eigenvalue weighted by atomic mass is 10.2. The maximum atomic E-state index is 12.4. The van der Waals surface area contributed by atoms with Gasteiger partial charge in [0.2, 0.25) is 0 Å². The first kappa shape index (κ1) is 16.8. The van der Waals surface area contributed by atoms with Crippen molar-refractivity contribution in [3.8, 4) is 6.07 Å². The second kappa shape index (κ2) is 7.21. The van der Waals surface area contributed by atoms with Gasteiger partial charge in [0.15, 0.2) is 11.5 Å². The van der Waals surface area contributed by atoms with E-state index in [4.69, 9.17) is 5.26 Å². The van der Waals surface area contributed by atoms with Crippen molar-refractivity contribution in [1.29, 1.82) is 5.26 Å². The number of hydrogen-bond acceptors (Lipinski definition) is 7.